The molecule has 2 aromatic rings. The molecular weight excluding hydrogens is 335 g/mol. The van der Waals surface area contributed by atoms with Crippen LogP contribution in [0.4, 0.5) is 23.7 Å². The number of fused-ring (bicyclic) bond motifs is 1. The van der Waals surface area contributed by atoms with Crippen molar-refractivity contribution in [3.8, 4) is 0 Å². The van der Waals surface area contributed by atoms with Crippen molar-refractivity contribution < 1.29 is 18.0 Å². The molecule has 6 nitrogen and oxygen atoms in total. The van der Waals surface area contributed by atoms with Crippen molar-refractivity contribution in [3.63, 3.8) is 0 Å². The van der Waals surface area contributed by atoms with Crippen LogP contribution in [0.3, 0.4) is 0 Å². The van der Waals surface area contributed by atoms with Gasteiger partial charge in [0.1, 0.15) is 5.82 Å². The van der Waals surface area contributed by atoms with E-state index in [1.54, 1.807) is 18.5 Å². The summed E-state index contributed by atoms with van der Waals surface area (Å²) < 4.78 is 39.7. The van der Waals surface area contributed by atoms with Crippen molar-refractivity contribution in [1.82, 2.24) is 19.9 Å². The zero-order valence-electron chi connectivity index (χ0n) is 13.6. The van der Waals surface area contributed by atoms with Crippen molar-refractivity contribution in [3.05, 3.63) is 41.7 Å². The van der Waals surface area contributed by atoms with E-state index in [0.717, 1.165) is 11.8 Å². The number of carbonyl (C=O) groups is 1. The number of nitrogens with zero attached hydrogens (tertiary/aromatic N) is 3. The number of nitrogens with one attached hydrogen (secondary N) is 2. The van der Waals surface area contributed by atoms with Crippen molar-refractivity contribution in [2.45, 2.75) is 32.5 Å². The Morgan fingerprint density at radius 2 is 2.24 bits per heavy atom. The van der Waals surface area contributed by atoms with Crippen LogP contribution in [0.25, 0.3) is 0 Å². The van der Waals surface area contributed by atoms with E-state index in [1.807, 2.05) is 6.92 Å². The van der Waals surface area contributed by atoms with Gasteiger partial charge >= 0.3 is 12.2 Å². The van der Waals surface area contributed by atoms with Crippen LogP contribution >= 0.6 is 0 Å². The Bertz CT molecular complexity index is 771. The molecule has 0 fully saturated rings. The molecule has 1 atom stereocenters. The Labute approximate surface area is 142 Å². The first-order valence-electron chi connectivity index (χ1n) is 7.91. The first kappa shape index (κ1) is 17.2. The highest BCUT2D eigenvalue weighted by Crippen LogP contribution is 2.30. The summed E-state index contributed by atoms with van der Waals surface area (Å²) in [4.78, 5) is 19.6. The average molecular weight is 353 g/mol. The van der Waals surface area contributed by atoms with Crippen LogP contribution in [0.1, 0.15) is 23.5 Å². The van der Waals surface area contributed by atoms with Crippen LogP contribution < -0.4 is 10.6 Å². The number of carbonyl (C=O) groups excluding carboxylic acids is 1. The molecule has 25 heavy (non-hydrogen) atoms. The average Bonchev–Trinajstić information content (AvgIpc) is 2.99. The third-order valence-electron chi connectivity index (χ3n) is 4.22. The number of aryl methyl sites for hydroxylation is 2. The molecule has 1 aliphatic rings. The molecule has 0 aromatic carbocycles. The number of aromatic nitrogens is 3. The number of pyridine rings is 1. The quantitative estimate of drug-likeness (QED) is 0.891. The third-order valence-corrected chi connectivity index (χ3v) is 4.22. The van der Waals surface area contributed by atoms with E-state index >= 15 is 0 Å². The molecule has 134 valence electrons. The van der Waals surface area contributed by atoms with Gasteiger partial charge in [-0.1, -0.05) is 0 Å². The maximum Gasteiger partial charge on any atom is 0.434 e. The molecule has 0 radical (unpaired) electrons. The molecule has 0 spiro atoms. The highest BCUT2D eigenvalue weighted by Gasteiger charge is 2.35. The Balaban J connectivity index is 1.54. The topological polar surface area (TPSA) is 71.8 Å². The van der Waals surface area contributed by atoms with Gasteiger partial charge < -0.3 is 15.2 Å². The summed E-state index contributed by atoms with van der Waals surface area (Å²) >= 11 is 0. The van der Waals surface area contributed by atoms with Crippen molar-refractivity contribution >= 4 is 11.7 Å². The van der Waals surface area contributed by atoms with E-state index in [2.05, 4.69) is 20.6 Å². The number of rotatable bonds is 3. The summed E-state index contributed by atoms with van der Waals surface area (Å²) in [6.45, 7) is 2.64. The van der Waals surface area contributed by atoms with Gasteiger partial charge in [0, 0.05) is 31.9 Å². The zero-order valence-corrected chi connectivity index (χ0v) is 13.6. The predicted octanol–water partition coefficient (Wildman–Crippen LogP) is 2.99. The summed E-state index contributed by atoms with van der Waals surface area (Å²) in [7, 11) is 0. The van der Waals surface area contributed by atoms with Gasteiger partial charge in [-0.3, -0.25) is 4.98 Å². The van der Waals surface area contributed by atoms with E-state index in [4.69, 9.17) is 0 Å². The van der Waals surface area contributed by atoms with E-state index in [-0.39, 0.29) is 11.9 Å². The van der Waals surface area contributed by atoms with Gasteiger partial charge in [0.25, 0.3) is 0 Å². The highest BCUT2D eigenvalue weighted by atomic mass is 19.4. The molecular formula is C16H18F3N5O. The molecule has 2 N–H and O–H groups in total. The Kier molecular flexibility index (Phi) is 4.65. The maximum absolute atomic E-state index is 12.7. The maximum atomic E-state index is 12.7. The van der Waals surface area contributed by atoms with E-state index in [0.29, 0.717) is 37.4 Å². The van der Waals surface area contributed by atoms with E-state index in [1.165, 1.54) is 4.57 Å². The fraction of sp³-hybridized carbons (Fsp3) is 0.438. The summed E-state index contributed by atoms with van der Waals surface area (Å²) in [5.41, 5.74) is 0.654. The first-order valence-corrected chi connectivity index (χ1v) is 7.91. The minimum absolute atomic E-state index is 0.0588. The second-order valence-corrected chi connectivity index (χ2v) is 6.12. The Hall–Kier alpha value is -2.58. The summed E-state index contributed by atoms with van der Waals surface area (Å²) in [5, 5.41) is 5.47. The summed E-state index contributed by atoms with van der Waals surface area (Å²) in [6, 6.07) is 1.43. The largest absolute Gasteiger partial charge is 0.434 e. The lowest BCUT2D eigenvalue weighted by Gasteiger charge is -2.24. The van der Waals surface area contributed by atoms with Crippen LogP contribution in [0.2, 0.25) is 0 Å². The van der Waals surface area contributed by atoms with Gasteiger partial charge in [0.2, 0.25) is 0 Å². The second-order valence-electron chi connectivity index (χ2n) is 6.12. The molecule has 0 aliphatic carbocycles. The van der Waals surface area contributed by atoms with Crippen LogP contribution in [0.5, 0.6) is 0 Å². The molecule has 1 aliphatic heterocycles. The lowest BCUT2D eigenvalue weighted by molar-refractivity contribution is -0.141. The molecule has 3 rings (SSSR count). The molecule has 3 heterocycles. The summed E-state index contributed by atoms with van der Waals surface area (Å²) in [5.74, 6) is 0.502. The van der Waals surface area contributed by atoms with Crippen molar-refractivity contribution in [2.75, 3.05) is 11.9 Å². The molecule has 9 heteroatoms. The first-order chi connectivity index (χ1) is 11.8. The fourth-order valence-corrected chi connectivity index (χ4v) is 2.82. The molecule has 2 aromatic heterocycles. The van der Waals surface area contributed by atoms with Crippen LogP contribution in [-0.4, -0.2) is 27.1 Å². The lowest BCUT2D eigenvalue weighted by atomic mass is 9.99. The summed E-state index contributed by atoms with van der Waals surface area (Å²) in [6.07, 6.45) is 0.955. The number of amides is 2. The fourth-order valence-electron chi connectivity index (χ4n) is 2.82. The SMILES string of the molecule is Cc1ccncc1NC(=O)NC[C@H]1CCc2nc(C(F)(F)F)cn2C1. The molecule has 0 unspecified atom stereocenters. The van der Waals surface area contributed by atoms with Crippen LogP contribution in [0, 0.1) is 12.8 Å². The number of alkyl halides is 3. The van der Waals surface area contributed by atoms with Gasteiger partial charge in [-0.15, -0.1) is 0 Å². The van der Waals surface area contributed by atoms with E-state index < -0.39 is 11.9 Å². The van der Waals surface area contributed by atoms with Gasteiger partial charge in [-0.25, -0.2) is 9.78 Å². The third kappa shape index (κ3) is 4.09. The lowest BCUT2D eigenvalue weighted by Crippen LogP contribution is -2.36. The number of hydrogen-bond donors (Lipinski definition) is 2. The van der Waals surface area contributed by atoms with Gasteiger partial charge in [0.15, 0.2) is 5.69 Å². The molecule has 0 saturated heterocycles. The molecule has 2 amide bonds. The number of anilines is 1. The minimum Gasteiger partial charge on any atom is -0.338 e. The highest BCUT2D eigenvalue weighted by molar-refractivity contribution is 5.89. The number of halogens is 3. The van der Waals surface area contributed by atoms with Gasteiger partial charge in [-0.2, -0.15) is 13.2 Å². The van der Waals surface area contributed by atoms with Gasteiger partial charge in [0.05, 0.1) is 11.9 Å². The van der Waals surface area contributed by atoms with Crippen molar-refractivity contribution in [1.29, 1.82) is 0 Å². The van der Waals surface area contributed by atoms with E-state index in [9.17, 15) is 18.0 Å². The predicted molar refractivity (Wildman–Crippen MR) is 85.0 cm³/mol. The monoisotopic (exact) mass is 353 g/mol. The Morgan fingerprint density at radius 1 is 1.44 bits per heavy atom. The number of hydrogen-bond acceptors (Lipinski definition) is 3. The smallest absolute Gasteiger partial charge is 0.338 e. The zero-order chi connectivity index (χ0) is 18.0. The van der Waals surface area contributed by atoms with Crippen LogP contribution in [-0.2, 0) is 19.1 Å². The minimum atomic E-state index is -4.43. The van der Waals surface area contributed by atoms with Gasteiger partial charge in [-0.05, 0) is 30.9 Å². The molecule has 0 saturated carbocycles. The normalized spacial score (nSPS) is 17.0. The second kappa shape index (κ2) is 6.73. The standard InChI is InChI=1S/C16H18F3N5O/c1-10-4-5-20-7-12(10)22-15(25)21-6-11-2-3-14-23-13(16(17,18)19)9-24(14)8-11/h4-5,7,9,11H,2-3,6,8H2,1H3,(H2,21,22,25)/t11-/m1/s1. The van der Waals surface area contributed by atoms with Crippen LogP contribution in [0.15, 0.2) is 24.7 Å². The molecule has 0 bridgehead atoms. The Morgan fingerprint density at radius 3 is 2.96 bits per heavy atom. The number of imidazole rings is 1. The number of urea groups is 1. The van der Waals surface area contributed by atoms with Crippen molar-refractivity contribution in [2.24, 2.45) is 5.92 Å².